The summed E-state index contributed by atoms with van der Waals surface area (Å²) in [5.74, 6) is -1.66. The Balaban J connectivity index is 1.39. The minimum absolute atomic E-state index is 0.0286. The van der Waals surface area contributed by atoms with E-state index in [1.54, 1.807) is 20.2 Å². The zero-order valence-electron chi connectivity index (χ0n) is 23.9. The van der Waals surface area contributed by atoms with Crippen LogP contribution in [-0.2, 0) is 19.1 Å². The number of halogens is 1. The first kappa shape index (κ1) is 30.4. The summed E-state index contributed by atoms with van der Waals surface area (Å²) in [6.07, 6.45) is 3.87. The number of ether oxygens (including phenoxy) is 2. The number of rotatable bonds is 9. The quantitative estimate of drug-likeness (QED) is 0.370. The highest BCUT2D eigenvalue weighted by Crippen LogP contribution is 2.34. The van der Waals surface area contributed by atoms with Gasteiger partial charge in [0.15, 0.2) is 5.58 Å². The van der Waals surface area contributed by atoms with Crippen LogP contribution in [0, 0.1) is 5.92 Å². The second kappa shape index (κ2) is 13.5. The molecular formula is C29H33ClN6O7. The van der Waals surface area contributed by atoms with Crippen LogP contribution in [-0.4, -0.2) is 96.5 Å². The van der Waals surface area contributed by atoms with Crippen LogP contribution in [0.5, 0.6) is 0 Å². The molecule has 1 saturated heterocycles. The summed E-state index contributed by atoms with van der Waals surface area (Å²) in [5.41, 5.74) is 0.562. The minimum atomic E-state index is -0.664. The number of pyridine rings is 2. The maximum atomic E-state index is 13.5. The molecule has 2 N–H and O–H groups in total. The zero-order valence-corrected chi connectivity index (χ0v) is 24.7. The molecule has 0 aromatic carbocycles. The number of methoxy groups -OCH3 is 1. The molecule has 13 nitrogen and oxygen atoms in total. The summed E-state index contributed by atoms with van der Waals surface area (Å²) >= 11 is 5.91. The SMILES string of the molecule is COCCN(C)C(=O)c1ccc2oc(C(=O)Nc3ccc(Cl)cn3)c(NC(=O)[C@H]3CC[C@H](N4CCOCC4=O)CC3)c2n1. The zero-order chi connectivity index (χ0) is 30.5. The molecule has 43 heavy (non-hydrogen) atoms. The third-order valence-corrected chi connectivity index (χ3v) is 7.91. The van der Waals surface area contributed by atoms with Crippen LogP contribution in [0.15, 0.2) is 34.9 Å². The van der Waals surface area contributed by atoms with E-state index in [2.05, 4.69) is 20.6 Å². The van der Waals surface area contributed by atoms with Crippen molar-refractivity contribution in [2.24, 2.45) is 5.92 Å². The summed E-state index contributed by atoms with van der Waals surface area (Å²) in [6.45, 7) is 1.85. The maximum absolute atomic E-state index is 13.5. The molecule has 14 heteroatoms. The number of carbonyl (C=O) groups is 4. The molecule has 4 heterocycles. The van der Waals surface area contributed by atoms with Crippen molar-refractivity contribution >= 4 is 57.8 Å². The Morgan fingerprint density at radius 1 is 1.14 bits per heavy atom. The van der Waals surface area contributed by atoms with Gasteiger partial charge in [-0.05, 0) is 49.9 Å². The van der Waals surface area contributed by atoms with E-state index >= 15 is 0 Å². The van der Waals surface area contributed by atoms with Gasteiger partial charge in [0, 0.05) is 45.4 Å². The number of fused-ring (bicyclic) bond motifs is 1. The van der Waals surface area contributed by atoms with Gasteiger partial charge >= 0.3 is 0 Å². The average molecular weight is 613 g/mol. The molecule has 228 valence electrons. The summed E-state index contributed by atoms with van der Waals surface area (Å²) in [6, 6.07) is 6.21. The average Bonchev–Trinajstić information content (AvgIpc) is 3.38. The predicted octanol–water partition coefficient (Wildman–Crippen LogP) is 3.20. The third-order valence-electron chi connectivity index (χ3n) is 7.68. The van der Waals surface area contributed by atoms with E-state index < -0.39 is 5.91 Å². The molecule has 0 unspecified atom stereocenters. The lowest BCUT2D eigenvalue weighted by Gasteiger charge is -2.38. The fraction of sp³-hybridized carbons (Fsp3) is 0.448. The number of aromatic nitrogens is 2. The minimum Gasteiger partial charge on any atom is -0.447 e. The van der Waals surface area contributed by atoms with Crippen molar-refractivity contribution in [3.8, 4) is 0 Å². The Hall–Kier alpha value is -4.07. The highest BCUT2D eigenvalue weighted by Gasteiger charge is 2.34. The number of nitrogens with one attached hydrogen (secondary N) is 2. The van der Waals surface area contributed by atoms with E-state index in [0.717, 1.165) is 0 Å². The van der Waals surface area contributed by atoms with Gasteiger partial charge in [-0.15, -0.1) is 0 Å². The highest BCUT2D eigenvalue weighted by atomic mass is 35.5. The van der Waals surface area contributed by atoms with Gasteiger partial charge < -0.3 is 34.3 Å². The molecule has 0 bridgehead atoms. The number of carbonyl (C=O) groups excluding carboxylic acids is 4. The first-order chi connectivity index (χ1) is 20.7. The molecule has 2 aliphatic rings. The number of furan rings is 1. The molecule has 1 saturated carbocycles. The molecule has 0 radical (unpaired) electrons. The van der Waals surface area contributed by atoms with Gasteiger partial charge in [0.1, 0.15) is 29.3 Å². The summed E-state index contributed by atoms with van der Waals surface area (Å²) < 4.78 is 16.2. The fourth-order valence-electron chi connectivity index (χ4n) is 5.31. The Bertz CT molecular complexity index is 1500. The molecule has 1 aliphatic carbocycles. The normalized spacial score (nSPS) is 18.9. The van der Waals surface area contributed by atoms with Gasteiger partial charge in [0.25, 0.3) is 11.8 Å². The Morgan fingerprint density at radius 2 is 1.93 bits per heavy atom. The van der Waals surface area contributed by atoms with Gasteiger partial charge in [0.05, 0.1) is 18.2 Å². The summed E-state index contributed by atoms with van der Waals surface area (Å²) in [7, 11) is 3.17. The van der Waals surface area contributed by atoms with Gasteiger partial charge in [-0.2, -0.15) is 0 Å². The monoisotopic (exact) mass is 612 g/mol. The van der Waals surface area contributed by atoms with E-state index in [1.165, 1.54) is 29.3 Å². The van der Waals surface area contributed by atoms with E-state index in [1.807, 2.05) is 4.90 Å². The molecule has 2 fully saturated rings. The van der Waals surface area contributed by atoms with E-state index in [-0.39, 0.29) is 70.3 Å². The van der Waals surface area contributed by atoms with Crippen molar-refractivity contribution in [3.05, 3.63) is 46.9 Å². The second-order valence-electron chi connectivity index (χ2n) is 10.5. The van der Waals surface area contributed by atoms with Gasteiger partial charge in [0.2, 0.25) is 17.6 Å². The number of morpholine rings is 1. The summed E-state index contributed by atoms with van der Waals surface area (Å²) in [4.78, 5) is 64.1. The van der Waals surface area contributed by atoms with Crippen LogP contribution in [0.3, 0.4) is 0 Å². The summed E-state index contributed by atoms with van der Waals surface area (Å²) in [5, 5.41) is 5.92. The standard InChI is InChI=1S/C29H33ClN6O7/c1-35(11-13-41-2)29(40)20-8-9-21-24(32-20)25(26(43-21)28(39)33-22-10-5-18(30)15-31-22)34-27(38)17-3-6-19(7-4-17)36-12-14-42-16-23(36)37/h5,8-10,15,17,19H,3-4,6-7,11-14,16H2,1-2H3,(H,34,38)(H,31,33,39)/t17-,19-. The molecule has 1 aliphatic heterocycles. The molecule has 4 amide bonds. The van der Waals surface area contributed by atoms with Crippen molar-refractivity contribution in [3.63, 3.8) is 0 Å². The van der Waals surface area contributed by atoms with E-state index in [4.69, 9.17) is 25.5 Å². The number of amides is 4. The Kier molecular flexibility index (Phi) is 9.53. The Labute approximate surface area is 252 Å². The van der Waals surface area contributed by atoms with Crippen LogP contribution < -0.4 is 10.6 Å². The highest BCUT2D eigenvalue weighted by molar-refractivity contribution is 6.30. The van der Waals surface area contributed by atoms with E-state index in [9.17, 15) is 19.2 Å². The third kappa shape index (κ3) is 6.95. The van der Waals surface area contributed by atoms with Crippen molar-refractivity contribution in [1.29, 1.82) is 0 Å². The second-order valence-corrected chi connectivity index (χ2v) is 11.0. The topological polar surface area (TPSA) is 156 Å². The number of hydrogen-bond acceptors (Lipinski definition) is 9. The molecule has 3 aromatic rings. The van der Waals surface area contributed by atoms with Crippen LogP contribution in [0.25, 0.3) is 11.1 Å². The number of hydrogen-bond donors (Lipinski definition) is 2. The van der Waals surface area contributed by atoms with Gasteiger partial charge in [-0.3, -0.25) is 19.2 Å². The lowest BCUT2D eigenvalue weighted by atomic mass is 9.84. The first-order valence-corrected chi connectivity index (χ1v) is 14.4. The van der Waals surface area contributed by atoms with Crippen LogP contribution in [0.4, 0.5) is 11.5 Å². The van der Waals surface area contributed by atoms with Crippen molar-refractivity contribution in [1.82, 2.24) is 19.8 Å². The van der Waals surface area contributed by atoms with Crippen molar-refractivity contribution in [2.75, 3.05) is 57.7 Å². The largest absolute Gasteiger partial charge is 0.447 e. The lowest BCUT2D eigenvalue weighted by molar-refractivity contribution is -0.146. The van der Waals surface area contributed by atoms with Gasteiger partial charge in [-0.1, -0.05) is 11.6 Å². The van der Waals surface area contributed by atoms with Gasteiger partial charge in [-0.25, -0.2) is 9.97 Å². The Morgan fingerprint density at radius 3 is 2.63 bits per heavy atom. The predicted molar refractivity (Wildman–Crippen MR) is 157 cm³/mol. The van der Waals surface area contributed by atoms with Crippen LogP contribution >= 0.6 is 11.6 Å². The molecule has 0 atom stereocenters. The smallest absolute Gasteiger partial charge is 0.294 e. The lowest BCUT2D eigenvalue weighted by Crippen LogP contribution is -2.49. The van der Waals surface area contributed by atoms with Crippen molar-refractivity contribution < 1.29 is 33.1 Å². The van der Waals surface area contributed by atoms with Crippen LogP contribution in [0.1, 0.15) is 46.7 Å². The molecular weight excluding hydrogens is 580 g/mol. The number of nitrogens with zero attached hydrogens (tertiary/aromatic N) is 4. The number of likely N-dealkylation sites (N-methyl/N-ethyl adjacent to an activating group) is 1. The van der Waals surface area contributed by atoms with Crippen LogP contribution in [0.2, 0.25) is 5.02 Å². The molecule has 3 aromatic heterocycles. The molecule has 5 rings (SSSR count). The maximum Gasteiger partial charge on any atom is 0.294 e. The van der Waals surface area contributed by atoms with Crippen molar-refractivity contribution in [2.45, 2.75) is 31.7 Å². The van der Waals surface area contributed by atoms with E-state index in [0.29, 0.717) is 57.0 Å². The first-order valence-electron chi connectivity index (χ1n) is 14.0. The molecule has 0 spiro atoms. The fourth-order valence-corrected chi connectivity index (χ4v) is 5.42. The number of anilines is 2.